The van der Waals surface area contributed by atoms with Crippen molar-refractivity contribution in [3.8, 4) is 11.5 Å². The zero-order valence-corrected chi connectivity index (χ0v) is 13.4. The van der Waals surface area contributed by atoms with Gasteiger partial charge in [-0.15, -0.1) is 0 Å². The Labute approximate surface area is 140 Å². The average Bonchev–Trinajstić information content (AvgIpc) is 3.06. The van der Waals surface area contributed by atoms with Crippen LogP contribution < -0.4 is 9.47 Å². The standard InChI is InChI=1S/C19H18FNO3/c1-2-21(12-15-5-9-17-18(11-15)24-13-23-17)19(22)10-6-14-3-7-16(20)8-4-14/h3-11H,2,12-13H2,1H3/b10-6+. The molecule has 1 amide bonds. The summed E-state index contributed by atoms with van der Waals surface area (Å²) in [7, 11) is 0. The van der Waals surface area contributed by atoms with E-state index in [1.807, 2.05) is 25.1 Å². The van der Waals surface area contributed by atoms with Gasteiger partial charge in [0.25, 0.3) is 0 Å². The molecule has 0 bridgehead atoms. The second kappa shape index (κ2) is 7.17. The molecule has 0 atom stereocenters. The van der Waals surface area contributed by atoms with Gasteiger partial charge in [-0.2, -0.15) is 0 Å². The lowest BCUT2D eigenvalue weighted by molar-refractivity contribution is -0.126. The predicted octanol–water partition coefficient (Wildman–Crippen LogP) is 3.62. The molecule has 2 aromatic rings. The van der Waals surface area contributed by atoms with Crippen LogP contribution in [0.4, 0.5) is 4.39 Å². The van der Waals surface area contributed by atoms with E-state index in [1.165, 1.54) is 18.2 Å². The molecule has 0 saturated heterocycles. The summed E-state index contributed by atoms with van der Waals surface area (Å²) in [4.78, 5) is 14.1. The maximum Gasteiger partial charge on any atom is 0.246 e. The van der Waals surface area contributed by atoms with Crippen LogP contribution in [-0.4, -0.2) is 24.1 Å². The van der Waals surface area contributed by atoms with Crippen molar-refractivity contribution in [2.75, 3.05) is 13.3 Å². The number of hydrogen-bond acceptors (Lipinski definition) is 3. The van der Waals surface area contributed by atoms with Crippen LogP contribution in [-0.2, 0) is 11.3 Å². The second-order valence-corrected chi connectivity index (χ2v) is 5.42. The lowest BCUT2D eigenvalue weighted by atomic mass is 10.1. The van der Waals surface area contributed by atoms with Gasteiger partial charge >= 0.3 is 0 Å². The maximum atomic E-state index is 12.9. The molecule has 2 aromatic carbocycles. The number of carbonyl (C=O) groups excluding carboxylic acids is 1. The van der Waals surface area contributed by atoms with Gasteiger partial charge in [-0.05, 0) is 48.4 Å². The highest BCUT2D eigenvalue weighted by Crippen LogP contribution is 2.32. The van der Waals surface area contributed by atoms with E-state index in [0.29, 0.717) is 18.8 Å². The number of nitrogens with zero attached hydrogens (tertiary/aromatic N) is 1. The molecular formula is C19H18FNO3. The average molecular weight is 327 g/mol. The molecule has 1 aliphatic rings. The van der Waals surface area contributed by atoms with E-state index >= 15 is 0 Å². The maximum absolute atomic E-state index is 12.9. The number of likely N-dealkylation sites (N-methyl/N-ethyl adjacent to an activating group) is 1. The second-order valence-electron chi connectivity index (χ2n) is 5.42. The van der Waals surface area contributed by atoms with Crippen molar-refractivity contribution < 1.29 is 18.7 Å². The highest BCUT2D eigenvalue weighted by atomic mass is 19.1. The van der Waals surface area contributed by atoms with Crippen molar-refractivity contribution >= 4 is 12.0 Å². The van der Waals surface area contributed by atoms with Gasteiger partial charge in [-0.3, -0.25) is 4.79 Å². The summed E-state index contributed by atoms with van der Waals surface area (Å²) in [5.41, 5.74) is 1.76. The van der Waals surface area contributed by atoms with Gasteiger partial charge in [-0.1, -0.05) is 18.2 Å². The van der Waals surface area contributed by atoms with Crippen molar-refractivity contribution in [2.24, 2.45) is 0 Å². The first-order valence-electron chi connectivity index (χ1n) is 7.77. The lowest BCUT2D eigenvalue weighted by Crippen LogP contribution is -2.28. The minimum absolute atomic E-state index is 0.0977. The molecule has 5 heteroatoms. The van der Waals surface area contributed by atoms with E-state index < -0.39 is 0 Å². The summed E-state index contributed by atoms with van der Waals surface area (Å²) in [5.74, 6) is 1.04. The van der Waals surface area contributed by atoms with Crippen molar-refractivity contribution in [2.45, 2.75) is 13.5 Å². The highest BCUT2D eigenvalue weighted by molar-refractivity contribution is 5.91. The summed E-state index contributed by atoms with van der Waals surface area (Å²) in [6, 6.07) is 11.7. The lowest BCUT2D eigenvalue weighted by Gasteiger charge is -2.19. The Morgan fingerprint density at radius 1 is 1.17 bits per heavy atom. The van der Waals surface area contributed by atoms with Gasteiger partial charge in [0, 0.05) is 19.2 Å². The smallest absolute Gasteiger partial charge is 0.246 e. The number of hydrogen-bond donors (Lipinski definition) is 0. The summed E-state index contributed by atoms with van der Waals surface area (Å²) >= 11 is 0. The predicted molar refractivity (Wildman–Crippen MR) is 89.1 cm³/mol. The van der Waals surface area contributed by atoms with E-state index in [0.717, 1.165) is 16.9 Å². The van der Waals surface area contributed by atoms with Crippen LogP contribution in [0.15, 0.2) is 48.5 Å². The molecular weight excluding hydrogens is 309 g/mol. The molecule has 0 aromatic heterocycles. The Balaban J connectivity index is 1.66. The van der Waals surface area contributed by atoms with Gasteiger partial charge in [0.2, 0.25) is 12.7 Å². The van der Waals surface area contributed by atoms with Gasteiger partial charge in [-0.25, -0.2) is 4.39 Å². The molecule has 0 fully saturated rings. The molecule has 0 spiro atoms. The van der Waals surface area contributed by atoms with E-state index in [-0.39, 0.29) is 18.5 Å². The fraction of sp³-hybridized carbons (Fsp3) is 0.211. The first kappa shape index (κ1) is 16.1. The quantitative estimate of drug-likeness (QED) is 0.788. The molecule has 0 aliphatic carbocycles. The van der Waals surface area contributed by atoms with Crippen molar-refractivity contribution in [1.82, 2.24) is 4.90 Å². The van der Waals surface area contributed by atoms with Gasteiger partial charge in [0.05, 0.1) is 0 Å². The molecule has 124 valence electrons. The molecule has 1 heterocycles. The molecule has 0 unspecified atom stereocenters. The largest absolute Gasteiger partial charge is 0.454 e. The van der Waals surface area contributed by atoms with Crippen LogP contribution >= 0.6 is 0 Å². The van der Waals surface area contributed by atoms with Gasteiger partial charge in [0.15, 0.2) is 11.5 Å². The van der Waals surface area contributed by atoms with E-state index in [4.69, 9.17) is 9.47 Å². The van der Waals surface area contributed by atoms with Crippen LogP contribution in [0.25, 0.3) is 6.08 Å². The zero-order valence-electron chi connectivity index (χ0n) is 13.4. The zero-order chi connectivity index (χ0) is 16.9. The van der Waals surface area contributed by atoms with Crippen molar-refractivity contribution in [3.05, 3.63) is 65.5 Å². The Morgan fingerprint density at radius 3 is 2.67 bits per heavy atom. The summed E-state index contributed by atoms with van der Waals surface area (Å²) in [5, 5.41) is 0. The first-order valence-corrected chi connectivity index (χ1v) is 7.77. The number of ether oxygens (including phenoxy) is 2. The van der Waals surface area contributed by atoms with E-state index in [9.17, 15) is 9.18 Å². The third-order valence-electron chi connectivity index (χ3n) is 3.79. The van der Waals surface area contributed by atoms with E-state index in [1.54, 1.807) is 23.1 Å². The summed E-state index contributed by atoms with van der Waals surface area (Å²) in [6.45, 7) is 3.23. The molecule has 24 heavy (non-hydrogen) atoms. The minimum Gasteiger partial charge on any atom is -0.454 e. The SMILES string of the molecule is CCN(Cc1ccc2c(c1)OCO2)C(=O)/C=C/c1ccc(F)cc1. The monoisotopic (exact) mass is 327 g/mol. The molecule has 0 radical (unpaired) electrons. The highest BCUT2D eigenvalue weighted by Gasteiger charge is 2.15. The number of benzene rings is 2. The van der Waals surface area contributed by atoms with Crippen LogP contribution in [0.2, 0.25) is 0 Å². The fourth-order valence-electron chi connectivity index (χ4n) is 2.45. The molecule has 3 rings (SSSR count). The van der Waals surface area contributed by atoms with E-state index in [2.05, 4.69) is 0 Å². The Bertz CT molecular complexity index is 756. The number of carbonyl (C=O) groups is 1. The van der Waals surface area contributed by atoms with Crippen molar-refractivity contribution in [1.29, 1.82) is 0 Å². The Hall–Kier alpha value is -2.82. The molecule has 1 aliphatic heterocycles. The summed E-state index contributed by atoms with van der Waals surface area (Å²) < 4.78 is 23.5. The third kappa shape index (κ3) is 3.74. The van der Waals surface area contributed by atoms with Gasteiger partial charge < -0.3 is 14.4 Å². The Morgan fingerprint density at radius 2 is 1.92 bits per heavy atom. The van der Waals surface area contributed by atoms with Crippen molar-refractivity contribution in [3.63, 3.8) is 0 Å². The van der Waals surface area contributed by atoms with Gasteiger partial charge in [0.1, 0.15) is 5.82 Å². The van der Waals surface area contributed by atoms with Crippen LogP contribution in [0.5, 0.6) is 11.5 Å². The normalized spacial score (nSPS) is 12.6. The van der Waals surface area contributed by atoms with Crippen LogP contribution in [0.1, 0.15) is 18.1 Å². The summed E-state index contributed by atoms with van der Waals surface area (Å²) in [6.07, 6.45) is 3.19. The van der Waals surface area contributed by atoms with Crippen LogP contribution in [0.3, 0.4) is 0 Å². The topological polar surface area (TPSA) is 38.8 Å². The fourth-order valence-corrected chi connectivity index (χ4v) is 2.45. The van der Waals surface area contributed by atoms with Crippen LogP contribution in [0, 0.1) is 5.82 Å². The first-order chi connectivity index (χ1) is 11.7. The molecule has 4 nitrogen and oxygen atoms in total. The number of fused-ring (bicyclic) bond motifs is 1. The minimum atomic E-state index is -0.295. The third-order valence-corrected chi connectivity index (χ3v) is 3.79. The number of amides is 1. The Kier molecular flexibility index (Phi) is 4.79. The molecule has 0 saturated carbocycles. The number of halogens is 1. The number of rotatable bonds is 5. The molecule has 0 N–H and O–H groups in total.